The maximum atomic E-state index is 3.67. The van der Waals surface area contributed by atoms with Crippen LogP contribution in [-0.4, -0.2) is 5.67 Å². The molecule has 2 aromatic rings. The molecule has 0 aliphatic heterocycles. The highest BCUT2D eigenvalue weighted by atomic mass is 79.9. The first-order valence-electron chi connectivity index (χ1n) is 5.74. The number of aryl methyl sites for hydroxylation is 1. The van der Waals surface area contributed by atoms with E-state index >= 15 is 0 Å². The molecule has 0 aliphatic carbocycles. The zero-order valence-corrected chi connectivity index (χ0v) is 11.7. The summed E-state index contributed by atoms with van der Waals surface area (Å²) in [5, 5.41) is 0. The quantitative estimate of drug-likeness (QED) is 0.743. The standard InChI is InChI=1S/C14H15BBrN/c1-12-8-6-7-11-14(12)17(15(2)16)13-9-4-3-5-10-13/h3-11H,1-2H3. The number of rotatable bonds is 3. The van der Waals surface area contributed by atoms with Gasteiger partial charge in [-0.3, -0.25) is 0 Å². The molecule has 0 N–H and O–H groups in total. The molecule has 17 heavy (non-hydrogen) atoms. The monoisotopic (exact) mass is 287 g/mol. The van der Waals surface area contributed by atoms with Crippen molar-refractivity contribution in [2.45, 2.75) is 13.7 Å². The van der Waals surface area contributed by atoms with Gasteiger partial charge in [-0.05, 0) is 30.7 Å². The van der Waals surface area contributed by atoms with E-state index in [9.17, 15) is 0 Å². The number of hydrogen-bond acceptors (Lipinski definition) is 1. The summed E-state index contributed by atoms with van der Waals surface area (Å²) in [6.07, 6.45) is 0. The summed E-state index contributed by atoms with van der Waals surface area (Å²) in [7, 11) is 0. The third-order valence-electron chi connectivity index (χ3n) is 2.77. The van der Waals surface area contributed by atoms with Crippen LogP contribution in [0.4, 0.5) is 11.4 Å². The minimum Gasteiger partial charge on any atom is -0.375 e. The molecule has 2 aromatic carbocycles. The van der Waals surface area contributed by atoms with Gasteiger partial charge in [-0.1, -0.05) is 43.2 Å². The fourth-order valence-corrected chi connectivity index (χ4v) is 2.42. The highest BCUT2D eigenvalue weighted by molar-refractivity contribution is 9.24. The lowest BCUT2D eigenvalue weighted by Crippen LogP contribution is -2.27. The highest BCUT2D eigenvalue weighted by Gasteiger charge is 2.18. The molecule has 0 heterocycles. The Morgan fingerprint density at radius 2 is 1.53 bits per heavy atom. The van der Waals surface area contributed by atoms with Gasteiger partial charge in [-0.15, -0.1) is 15.8 Å². The van der Waals surface area contributed by atoms with E-state index in [4.69, 9.17) is 0 Å². The summed E-state index contributed by atoms with van der Waals surface area (Å²) < 4.78 is 0. The minimum atomic E-state index is 0.256. The van der Waals surface area contributed by atoms with Crippen LogP contribution in [0.5, 0.6) is 0 Å². The Bertz CT molecular complexity index is 485. The van der Waals surface area contributed by atoms with Crippen molar-refractivity contribution in [3.8, 4) is 0 Å². The molecule has 3 heteroatoms. The summed E-state index contributed by atoms with van der Waals surface area (Å²) in [5.74, 6) is 0. The number of halogens is 1. The number of nitrogens with zero attached hydrogens (tertiary/aromatic N) is 1. The van der Waals surface area contributed by atoms with Crippen molar-refractivity contribution in [3.63, 3.8) is 0 Å². The molecule has 2 rings (SSSR count). The van der Waals surface area contributed by atoms with Crippen molar-refractivity contribution in [3.05, 3.63) is 60.2 Å². The van der Waals surface area contributed by atoms with Crippen LogP contribution in [-0.2, 0) is 0 Å². The molecule has 1 nitrogen and oxygen atoms in total. The number of benzene rings is 2. The first-order valence-corrected chi connectivity index (χ1v) is 6.65. The van der Waals surface area contributed by atoms with Crippen molar-refractivity contribution in [1.29, 1.82) is 0 Å². The molecule has 0 aromatic heterocycles. The highest BCUT2D eigenvalue weighted by Crippen LogP contribution is 2.30. The summed E-state index contributed by atoms with van der Waals surface area (Å²) in [4.78, 5) is 2.29. The number of hydrogen-bond donors (Lipinski definition) is 0. The molecular formula is C14H15BBrN. The Hall–Kier alpha value is -1.22. The third-order valence-corrected chi connectivity index (χ3v) is 3.17. The van der Waals surface area contributed by atoms with E-state index in [1.165, 1.54) is 16.9 Å². The molecule has 0 atom stereocenters. The predicted octanol–water partition coefficient (Wildman–Crippen LogP) is 4.65. The van der Waals surface area contributed by atoms with E-state index in [1.807, 2.05) is 6.07 Å². The van der Waals surface area contributed by atoms with Gasteiger partial charge in [-0.25, -0.2) is 0 Å². The van der Waals surface area contributed by atoms with Crippen LogP contribution in [0.1, 0.15) is 5.56 Å². The molecule has 0 amide bonds. The van der Waals surface area contributed by atoms with Gasteiger partial charge < -0.3 is 4.81 Å². The molecule has 0 bridgehead atoms. The van der Waals surface area contributed by atoms with E-state index in [0.717, 1.165) is 0 Å². The average Bonchev–Trinajstić information content (AvgIpc) is 2.33. The minimum absolute atomic E-state index is 0.256. The van der Waals surface area contributed by atoms with E-state index in [0.29, 0.717) is 0 Å². The van der Waals surface area contributed by atoms with Crippen molar-refractivity contribution in [2.24, 2.45) is 0 Å². The Kier molecular flexibility index (Phi) is 3.90. The molecular weight excluding hydrogens is 273 g/mol. The van der Waals surface area contributed by atoms with E-state index < -0.39 is 0 Å². The zero-order chi connectivity index (χ0) is 12.3. The van der Waals surface area contributed by atoms with Gasteiger partial charge in [0, 0.05) is 11.4 Å². The van der Waals surface area contributed by atoms with E-state index in [2.05, 4.69) is 82.8 Å². The molecule has 0 aliphatic rings. The van der Waals surface area contributed by atoms with Crippen LogP contribution < -0.4 is 4.81 Å². The van der Waals surface area contributed by atoms with Crippen LogP contribution in [0.15, 0.2) is 54.6 Å². The second-order valence-electron chi connectivity index (χ2n) is 4.07. The lowest BCUT2D eigenvalue weighted by molar-refractivity contribution is 1.33. The van der Waals surface area contributed by atoms with Crippen molar-refractivity contribution >= 4 is 32.8 Å². The van der Waals surface area contributed by atoms with Gasteiger partial charge in [0.05, 0.1) is 0 Å². The first kappa shape index (κ1) is 12.2. The Morgan fingerprint density at radius 1 is 0.941 bits per heavy atom. The Labute approximate surface area is 112 Å². The Balaban J connectivity index is 2.47. The Morgan fingerprint density at radius 3 is 2.12 bits per heavy atom. The van der Waals surface area contributed by atoms with Crippen molar-refractivity contribution in [1.82, 2.24) is 0 Å². The van der Waals surface area contributed by atoms with Gasteiger partial charge >= 0.3 is 5.67 Å². The lowest BCUT2D eigenvalue weighted by Gasteiger charge is -2.28. The summed E-state index contributed by atoms with van der Waals surface area (Å²) in [5.41, 5.74) is 3.97. The molecule has 0 radical (unpaired) electrons. The summed E-state index contributed by atoms with van der Waals surface area (Å²) in [6, 6.07) is 18.9. The fourth-order valence-electron chi connectivity index (χ4n) is 1.96. The molecule has 0 saturated carbocycles. The SMILES string of the molecule is CB(Br)N(c1ccccc1)c1ccccc1C. The average molecular weight is 288 g/mol. The molecule has 0 unspecified atom stereocenters. The third kappa shape index (κ3) is 2.72. The topological polar surface area (TPSA) is 3.24 Å². The molecule has 0 saturated heterocycles. The smallest absolute Gasteiger partial charge is 0.334 e. The van der Waals surface area contributed by atoms with Gasteiger partial charge in [0.15, 0.2) is 0 Å². The molecule has 86 valence electrons. The largest absolute Gasteiger partial charge is 0.375 e. The van der Waals surface area contributed by atoms with Crippen LogP contribution in [0.2, 0.25) is 6.82 Å². The lowest BCUT2D eigenvalue weighted by atomic mass is 9.91. The zero-order valence-electron chi connectivity index (χ0n) is 10.1. The second-order valence-corrected chi connectivity index (χ2v) is 5.39. The fraction of sp³-hybridized carbons (Fsp3) is 0.143. The molecule has 0 fully saturated rings. The predicted molar refractivity (Wildman–Crippen MR) is 80.3 cm³/mol. The van der Waals surface area contributed by atoms with Crippen LogP contribution in [0.3, 0.4) is 0 Å². The summed E-state index contributed by atoms with van der Waals surface area (Å²) >= 11 is 3.67. The van der Waals surface area contributed by atoms with Gasteiger partial charge in [-0.2, -0.15) is 0 Å². The van der Waals surface area contributed by atoms with Crippen LogP contribution in [0.25, 0.3) is 0 Å². The van der Waals surface area contributed by atoms with Crippen LogP contribution in [0, 0.1) is 6.92 Å². The normalized spacial score (nSPS) is 10.1. The van der Waals surface area contributed by atoms with E-state index in [-0.39, 0.29) is 5.67 Å². The maximum Gasteiger partial charge on any atom is 0.334 e. The number of para-hydroxylation sites is 2. The van der Waals surface area contributed by atoms with Gasteiger partial charge in [0.1, 0.15) is 0 Å². The second kappa shape index (κ2) is 5.41. The van der Waals surface area contributed by atoms with Gasteiger partial charge in [0.2, 0.25) is 0 Å². The molecule has 0 spiro atoms. The van der Waals surface area contributed by atoms with E-state index in [1.54, 1.807) is 0 Å². The first-order chi connectivity index (χ1) is 8.20. The maximum absolute atomic E-state index is 3.67. The van der Waals surface area contributed by atoms with Gasteiger partial charge in [0.25, 0.3) is 0 Å². The summed E-state index contributed by atoms with van der Waals surface area (Å²) in [6.45, 7) is 4.28. The van der Waals surface area contributed by atoms with Crippen LogP contribution >= 0.6 is 15.8 Å². The number of anilines is 2. The van der Waals surface area contributed by atoms with Crippen molar-refractivity contribution < 1.29 is 0 Å². The van der Waals surface area contributed by atoms with Crippen molar-refractivity contribution in [2.75, 3.05) is 4.81 Å².